The van der Waals surface area contributed by atoms with Crippen LogP contribution >= 0.6 is 0 Å². The molecule has 0 aromatic carbocycles. The first-order chi connectivity index (χ1) is 39.0. The summed E-state index contributed by atoms with van der Waals surface area (Å²) in [6.07, 6.45) is 88.9. The molecule has 0 amide bonds. The van der Waals surface area contributed by atoms with Crippen molar-refractivity contribution in [2.75, 3.05) is 13.2 Å². The molecular weight excluding hydrogens is 973 g/mol. The summed E-state index contributed by atoms with van der Waals surface area (Å²) < 4.78 is 16.9. The highest BCUT2D eigenvalue weighted by atomic mass is 16.6. The van der Waals surface area contributed by atoms with Gasteiger partial charge in [-0.2, -0.15) is 0 Å². The third-order valence-corrected chi connectivity index (χ3v) is 14.9. The van der Waals surface area contributed by atoms with Crippen LogP contribution in [0.2, 0.25) is 0 Å². The molecule has 1 atom stereocenters. The topological polar surface area (TPSA) is 78.9 Å². The maximum absolute atomic E-state index is 12.9. The number of hydrogen-bond acceptors (Lipinski definition) is 6. The van der Waals surface area contributed by atoms with E-state index in [9.17, 15) is 14.4 Å². The zero-order valence-electron chi connectivity index (χ0n) is 52.4. The third kappa shape index (κ3) is 65.3. The molecule has 0 heterocycles. The fourth-order valence-electron chi connectivity index (χ4n) is 9.84. The molecule has 0 aromatic heterocycles. The monoisotopic (exact) mass is 1100 g/mol. The first-order valence-corrected chi connectivity index (χ1v) is 34.1. The zero-order chi connectivity index (χ0) is 57.1. The highest BCUT2D eigenvalue weighted by Crippen LogP contribution is 2.18. The van der Waals surface area contributed by atoms with E-state index in [1.807, 2.05) is 0 Å². The summed E-state index contributed by atoms with van der Waals surface area (Å²) in [5, 5.41) is 0. The van der Waals surface area contributed by atoms with Gasteiger partial charge < -0.3 is 14.2 Å². The molecule has 0 bridgehead atoms. The molecule has 0 aliphatic rings. The van der Waals surface area contributed by atoms with Crippen molar-refractivity contribution in [2.45, 2.75) is 348 Å². The number of unbranched alkanes of at least 4 members (excludes halogenated alkanes) is 37. The van der Waals surface area contributed by atoms with Gasteiger partial charge in [0.1, 0.15) is 13.2 Å². The van der Waals surface area contributed by atoms with Crippen LogP contribution in [0.25, 0.3) is 0 Å². The van der Waals surface area contributed by atoms with Crippen molar-refractivity contribution in [1.29, 1.82) is 0 Å². The molecule has 0 N–H and O–H groups in total. The molecule has 79 heavy (non-hydrogen) atoms. The molecule has 6 nitrogen and oxygen atoms in total. The SMILES string of the molecule is CC/C=C\C/C=C\C/C=C\C/C=C\C/C=C\C/C=C\C/C=C\CCCCCC(=O)OCC(COC(=O)CCCCCCCCCCCCCCC)OC(=O)CCCCCCCCCCCCCCCCCCCCCCCCC. The summed E-state index contributed by atoms with van der Waals surface area (Å²) >= 11 is 0. The standard InChI is InChI=1S/C73H128O6/c1-4-7-10-13-16-19-22-25-27-29-31-33-35-36-38-39-41-43-45-48-51-54-57-60-63-66-72(75)78-69-70(68-77-71(74)65-62-59-56-53-50-47-24-21-18-15-12-9-6-3)79-73(76)67-64-61-58-55-52-49-46-44-42-40-37-34-32-30-28-26-23-20-17-14-11-8-5-2/h7,10,16,19,25,27,31,33,36,38,41,43,48,51,70H,4-6,8-9,11-15,17-18,20-24,26,28-30,32,34-35,37,39-40,42,44-47,49-50,52-69H2,1-3H3/b10-7-,19-16-,27-25-,33-31-,38-36-,43-41-,51-48-. The number of carbonyl (C=O) groups is 3. The van der Waals surface area contributed by atoms with E-state index >= 15 is 0 Å². The van der Waals surface area contributed by atoms with Crippen LogP contribution in [0.3, 0.4) is 0 Å². The lowest BCUT2D eigenvalue weighted by Crippen LogP contribution is -2.30. The minimum atomic E-state index is -0.789. The molecule has 0 rings (SSSR count). The molecular formula is C73H128O6. The van der Waals surface area contributed by atoms with Gasteiger partial charge in [-0.15, -0.1) is 0 Å². The Morgan fingerprint density at radius 3 is 0.772 bits per heavy atom. The van der Waals surface area contributed by atoms with E-state index < -0.39 is 6.10 Å². The van der Waals surface area contributed by atoms with Gasteiger partial charge >= 0.3 is 17.9 Å². The lowest BCUT2D eigenvalue weighted by Gasteiger charge is -2.18. The van der Waals surface area contributed by atoms with E-state index in [2.05, 4.69) is 106 Å². The van der Waals surface area contributed by atoms with E-state index in [0.717, 1.165) is 109 Å². The first-order valence-electron chi connectivity index (χ1n) is 34.1. The average Bonchev–Trinajstić information content (AvgIpc) is 3.45. The van der Waals surface area contributed by atoms with Crippen molar-refractivity contribution in [1.82, 2.24) is 0 Å². The van der Waals surface area contributed by atoms with Gasteiger partial charge in [-0.05, 0) is 77.0 Å². The van der Waals surface area contributed by atoms with Crippen LogP contribution in [0.4, 0.5) is 0 Å². The molecule has 456 valence electrons. The number of rotatable bonds is 62. The zero-order valence-corrected chi connectivity index (χ0v) is 52.4. The minimum Gasteiger partial charge on any atom is -0.462 e. The average molecular weight is 1100 g/mol. The molecule has 0 saturated heterocycles. The molecule has 0 spiro atoms. The molecule has 0 aliphatic heterocycles. The predicted molar refractivity (Wildman–Crippen MR) is 344 cm³/mol. The second kappa shape index (κ2) is 67.1. The molecule has 0 aromatic rings. The fraction of sp³-hybridized carbons (Fsp3) is 0.767. The maximum atomic E-state index is 12.9. The van der Waals surface area contributed by atoms with E-state index in [-0.39, 0.29) is 31.1 Å². The van der Waals surface area contributed by atoms with Gasteiger partial charge in [0.05, 0.1) is 0 Å². The van der Waals surface area contributed by atoms with Gasteiger partial charge in [-0.3, -0.25) is 14.4 Å². The Labute approximate surface area is 490 Å². The molecule has 1 unspecified atom stereocenters. The van der Waals surface area contributed by atoms with Crippen LogP contribution in [-0.4, -0.2) is 37.2 Å². The number of hydrogen-bond donors (Lipinski definition) is 0. The van der Waals surface area contributed by atoms with Crippen LogP contribution in [0.15, 0.2) is 85.1 Å². The number of ether oxygens (including phenoxy) is 3. The van der Waals surface area contributed by atoms with Crippen molar-refractivity contribution >= 4 is 17.9 Å². The van der Waals surface area contributed by atoms with Crippen molar-refractivity contribution in [2.24, 2.45) is 0 Å². The van der Waals surface area contributed by atoms with Gasteiger partial charge in [-0.25, -0.2) is 0 Å². The lowest BCUT2D eigenvalue weighted by molar-refractivity contribution is -0.167. The highest BCUT2D eigenvalue weighted by molar-refractivity contribution is 5.71. The van der Waals surface area contributed by atoms with Crippen LogP contribution in [-0.2, 0) is 28.6 Å². The van der Waals surface area contributed by atoms with Crippen molar-refractivity contribution in [3.05, 3.63) is 85.1 Å². The molecule has 0 radical (unpaired) electrons. The highest BCUT2D eigenvalue weighted by Gasteiger charge is 2.19. The summed E-state index contributed by atoms with van der Waals surface area (Å²) in [4.78, 5) is 38.4. The maximum Gasteiger partial charge on any atom is 0.306 e. The van der Waals surface area contributed by atoms with Gasteiger partial charge in [0.25, 0.3) is 0 Å². The Morgan fingerprint density at radius 1 is 0.266 bits per heavy atom. The Balaban J connectivity index is 4.35. The second-order valence-corrected chi connectivity index (χ2v) is 22.7. The largest absolute Gasteiger partial charge is 0.462 e. The van der Waals surface area contributed by atoms with E-state index in [1.54, 1.807) is 0 Å². The minimum absolute atomic E-state index is 0.0827. The molecule has 0 saturated carbocycles. The summed E-state index contributed by atoms with van der Waals surface area (Å²) in [6, 6.07) is 0. The summed E-state index contributed by atoms with van der Waals surface area (Å²) in [6.45, 7) is 6.55. The number of esters is 3. The Hall–Kier alpha value is -3.41. The third-order valence-electron chi connectivity index (χ3n) is 14.9. The summed E-state index contributed by atoms with van der Waals surface area (Å²) in [5.41, 5.74) is 0. The Kier molecular flexibility index (Phi) is 64.2. The normalized spacial score (nSPS) is 12.6. The van der Waals surface area contributed by atoms with Crippen molar-refractivity contribution in [3.8, 4) is 0 Å². The molecule has 6 heteroatoms. The number of allylic oxidation sites excluding steroid dienone is 14. The summed E-state index contributed by atoms with van der Waals surface area (Å²) in [5.74, 6) is -0.898. The van der Waals surface area contributed by atoms with E-state index in [4.69, 9.17) is 14.2 Å². The van der Waals surface area contributed by atoms with Gasteiger partial charge in [-0.1, -0.05) is 331 Å². The van der Waals surface area contributed by atoms with Gasteiger partial charge in [0.2, 0.25) is 0 Å². The number of carbonyl (C=O) groups excluding carboxylic acids is 3. The van der Waals surface area contributed by atoms with Crippen LogP contribution in [0.1, 0.15) is 342 Å². The predicted octanol–water partition coefficient (Wildman–Crippen LogP) is 23.4. The van der Waals surface area contributed by atoms with Crippen molar-refractivity contribution in [3.63, 3.8) is 0 Å². The van der Waals surface area contributed by atoms with Gasteiger partial charge in [0, 0.05) is 19.3 Å². The smallest absolute Gasteiger partial charge is 0.306 e. The van der Waals surface area contributed by atoms with E-state index in [1.165, 1.54) is 193 Å². The van der Waals surface area contributed by atoms with Crippen LogP contribution < -0.4 is 0 Å². The summed E-state index contributed by atoms with van der Waals surface area (Å²) in [7, 11) is 0. The molecule has 0 fully saturated rings. The Bertz CT molecular complexity index is 1500. The quantitative estimate of drug-likeness (QED) is 0.0261. The first kappa shape index (κ1) is 75.6. The Morgan fingerprint density at radius 2 is 0.494 bits per heavy atom. The van der Waals surface area contributed by atoms with Crippen molar-refractivity contribution < 1.29 is 28.6 Å². The lowest BCUT2D eigenvalue weighted by atomic mass is 10.0. The fourth-order valence-corrected chi connectivity index (χ4v) is 9.84. The van der Waals surface area contributed by atoms with Gasteiger partial charge in [0.15, 0.2) is 6.10 Å². The second-order valence-electron chi connectivity index (χ2n) is 22.7. The van der Waals surface area contributed by atoms with Crippen LogP contribution in [0.5, 0.6) is 0 Å². The van der Waals surface area contributed by atoms with Crippen LogP contribution in [0, 0.1) is 0 Å². The molecule has 0 aliphatic carbocycles. The van der Waals surface area contributed by atoms with E-state index in [0.29, 0.717) is 19.3 Å².